The Morgan fingerprint density at radius 2 is 1.13 bits per heavy atom. The van der Waals surface area contributed by atoms with Crippen molar-refractivity contribution in [3.05, 3.63) is 226 Å². The Morgan fingerprint density at radius 1 is 0.462 bits per heavy atom. The number of anilines is 3. The fourth-order valence-electron chi connectivity index (χ4n) is 9.94. The summed E-state index contributed by atoms with van der Waals surface area (Å²) in [7, 11) is 0. The SMILES string of the molecule is C1=CC2=C(CC1)C1(c3ccccc3Cc3c(N(c4ccccc4)c4ccc(-c5ccc6c(c5)-c5ccccc5C6)cc4)cccc31)c1ccccc12. The van der Waals surface area contributed by atoms with Gasteiger partial charge in [-0.2, -0.15) is 0 Å². The highest BCUT2D eigenvalue weighted by Gasteiger charge is 2.51. The number of nitrogens with zero attached hydrogens (tertiary/aromatic N) is 1. The molecule has 0 N–H and O–H groups in total. The van der Waals surface area contributed by atoms with Crippen molar-refractivity contribution in [1.82, 2.24) is 0 Å². The molecule has 1 unspecified atom stereocenters. The van der Waals surface area contributed by atoms with Crippen LogP contribution < -0.4 is 4.90 Å². The number of allylic oxidation sites excluding steroid dienone is 4. The Labute approximate surface area is 305 Å². The molecule has 0 radical (unpaired) electrons. The van der Waals surface area contributed by atoms with Crippen LogP contribution in [0.15, 0.2) is 182 Å². The first-order chi connectivity index (χ1) is 25.8. The number of benzene rings is 7. The van der Waals surface area contributed by atoms with E-state index in [0.29, 0.717) is 0 Å². The van der Waals surface area contributed by atoms with Gasteiger partial charge >= 0.3 is 0 Å². The third kappa shape index (κ3) is 4.17. The molecule has 246 valence electrons. The van der Waals surface area contributed by atoms with Crippen LogP contribution in [-0.2, 0) is 18.3 Å². The molecule has 1 spiro atoms. The van der Waals surface area contributed by atoms with Crippen molar-refractivity contribution >= 4 is 22.6 Å². The highest BCUT2D eigenvalue weighted by Crippen LogP contribution is 2.61. The maximum atomic E-state index is 2.49. The van der Waals surface area contributed by atoms with Crippen LogP contribution in [0.2, 0.25) is 0 Å². The van der Waals surface area contributed by atoms with Crippen molar-refractivity contribution in [2.24, 2.45) is 0 Å². The van der Waals surface area contributed by atoms with Crippen LogP contribution in [0.4, 0.5) is 17.1 Å². The second-order valence-electron chi connectivity index (χ2n) is 14.7. The molecular weight excluding hydrogens is 627 g/mol. The molecule has 0 amide bonds. The minimum Gasteiger partial charge on any atom is -0.310 e. The molecule has 7 aromatic carbocycles. The zero-order valence-corrected chi connectivity index (χ0v) is 29.0. The number of hydrogen-bond donors (Lipinski definition) is 0. The topological polar surface area (TPSA) is 3.24 Å². The number of para-hydroxylation sites is 1. The smallest absolute Gasteiger partial charge is 0.0682 e. The summed E-state index contributed by atoms with van der Waals surface area (Å²) in [5, 5.41) is 0. The van der Waals surface area contributed by atoms with Gasteiger partial charge < -0.3 is 4.90 Å². The third-order valence-corrected chi connectivity index (χ3v) is 12.1. The molecule has 1 nitrogen and oxygen atoms in total. The lowest BCUT2D eigenvalue weighted by atomic mass is 9.60. The Kier molecular flexibility index (Phi) is 6.49. The van der Waals surface area contributed by atoms with E-state index in [9.17, 15) is 0 Å². The zero-order valence-electron chi connectivity index (χ0n) is 29.0. The normalized spacial score (nSPS) is 17.2. The second kappa shape index (κ2) is 11.4. The molecule has 0 fully saturated rings. The van der Waals surface area contributed by atoms with Crippen molar-refractivity contribution in [2.45, 2.75) is 31.1 Å². The third-order valence-electron chi connectivity index (χ3n) is 12.1. The maximum absolute atomic E-state index is 2.49. The van der Waals surface area contributed by atoms with Crippen molar-refractivity contribution < 1.29 is 0 Å². The first-order valence-electron chi connectivity index (χ1n) is 18.7. The van der Waals surface area contributed by atoms with Crippen molar-refractivity contribution in [3.8, 4) is 22.3 Å². The molecule has 4 aliphatic rings. The first kappa shape index (κ1) is 29.5. The molecular formula is C51H37N. The lowest BCUT2D eigenvalue weighted by molar-refractivity contribution is 0.666. The lowest BCUT2D eigenvalue weighted by Crippen LogP contribution is -2.36. The fraction of sp³-hybridized carbons (Fsp3) is 0.0980. The second-order valence-corrected chi connectivity index (χ2v) is 14.7. The molecule has 0 saturated carbocycles. The van der Waals surface area contributed by atoms with Gasteiger partial charge in [0.1, 0.15) is 0 Å². The van der Waals surface area contributed by atoms with Gasteiger partial charge in [-0.15, -0.1) is 0 Å². The van der Waals surface area contributed by atoms with Gasteiger partial charge in [0, 0.05) is 23.5 Å². The minimum absolute atomic E-state index is 0.310. The molecule has 52 heavy (non-hydrogen) atoms. The largest absolute Gasteiger partial charge is 0.310 e. The first-order valence-corrected chi connectivity index (χ1v) is 18.7. The molecule has 1 heteroatoms. The Morgan fingerprint density at radius 3 is 2.00 bits per heavy atom. The molecule has 0 aromatic heterocycles. The predicted molar refractivity (Wildman–Crippen MR) is 216 cm³/mol. The summed E-state index contributed by atoms with van der Waals surface area (Å²) >= 11 is 0. The van der Waals surface area contributed by atoms with E-state index in [1.807, 2.05) is 0 Å². The van der Waals surface area contributed by atoms with E-state index in [2.05, 4.69) is 181 Å². The van der Waals surface area contributed by atoms with Gasteiger partial charge in [-0.25, -0.2) is 0 Å². The van der Waals surface area contributed by atoms with E-state index >= 15 is 0 Å². The average Bonchev–Trinajstić information content (AvgIpc) is 3.73. The average molecular weight is 664 g/mol. The summed E-state index contributed by atoms with van der Waals surface area (Å²) in [5.41, 5.74) is 22.8. The molecule has 11 rings (SSSR count). The van der Waals surface area contributed by atoms with Gasteiger partial charge in [-0.05, 0) is 134 Å². The summed E-state index contributed by atoms with van der Waals surface area (Å²) in [5.74, 6) is 0. The van der Waals surface area contributed by atoms with E-state index in [4.69, 9.17) is 0 Å². The minimum atomic E-state index is -0.310. The summed E-state index contributed by atoms with van der Waals surface area (Å²) in [6, 6.07) is 61.5. The van der Waals surface area contributed by atoms with Crippen molar-refractivity contribution in [2.75, 3.05) is 4.90 Å². The molecule has 0 heterocycles. The number of hydrogen-bond acceptors (Lipinski definition) is 1. The summed E-state index contributed by atoms with van der Waals surface area (Å²) < 4.78 is 0. The summed E-state index contributed by atoms with van der Waals surface area (Å²) in [4.78, 5) is 2.49. The van der Waals surface area contributed by atoms with Crippen LogP contribution in [0.5, 0.6) is 0 Å². The van der Waals surface area contributed by atoms with E-state index in [1.165, 1.54) is 78.0 Å². The highest BCUT2D eigenvalue weighted by molar-refractivity contribution is 5.93. The molecule has 0 saturated heterocycles. The van der Waals surface area contributed by atoms with Crippen molar-refractivity contribution in [1.29, 1.82) is 0 Å². The number of fused-ring (bicyclic) bond motifs is 11. The van der Waals surface area contributed by atoms with Crippen LogP contribution in [0.3, 0.4) is 0 Å². The lowest BCUT2D eigenvalue weighted by Gasteiger charge is -2.43. The van der Waals surface area contributed by atoms with Crippen molar-refractivity contribution in [3.63, 3.8) is 0 Å². The van der Waals surface area contributed by atoms with E-state index in [0.717, 1.165) is 37.1 Å². The maximum Gasteiger partial charge on any atom is 0.0682 e. The highest BCUT2D eigenvalue weighted by atomic mass is 15.1. The van der Waals surface area contributed by atoms with E-state index in [-0.39, 0.29) is 5.41 Å². The van der Waals surface area contributed by atoms with Gasteiger partial charge in [0.05, 0.1) is 5.41 Å². The van der Waals surface area contributed by atoms with Crippen LogP contribution in [-0.4, -0.2) is 0 Å². The molecule has 7 aromatic rings. The summed E-state index contributed by atoms with van der Waals surface area (Å²) in [6.45, 7) is 0. The van der Waals surface area contributed by atoms with E-state index < -0.39 is 0 Å². The quantitative estimate of drug-likeness (QED) is 0.181. The van der Waals surface area contributed by atoms with Gasteiger partial charge in [-0.1, -0.05) is 140 Å². The predicted octanol–water partition coefficient (Wildman–Crippen LogP) is 12.8. The van der Waals surface area contributed by atoms with E-state index in [1.54, 1.807) is 5.57 Å². The Hall–Kier alpha value is -6.18. The molecule has 0 aliphatic heterocycles. The standard InChI is InChI=1S/C51H37N/c1-2-15-39(16-3-1)52(40-29-27-34(28-30-40)35-25-26-37-31-36-13-4-6-17-41(36)44(37)32-35)50-24-12-23-49-45(50)33-38-14-5-9-20-46(38)51(49)47-21-10-7-18-42(47)43-19-8-11-22-48(43)51/h1-10,12-21,23-30,32H,11,22,31,33H2. The molecule has 0 bridgehead atoms. The van der Waals surface area contributed by atoms with Gasteiger partial charge in [0.25, 0.3) is 0 Å². The van der Waals surface area contributed by atoms with Gasteiger partial charge in [0.15, 0.2) is 0 Å². The van der Waals surface area contributed by atoms with Crippen LogP contribution in [0.25, 0.3) is 27.8 Å². The van der Waals surface area contributed by atoms with Crippen LogP contribution >= 0.6 is 0 Å². The van der Waals surface area contributed by atoms with Crippen LogP contribution in [0, 0.1) is 0 Å². The summed E-state index contributed by atoms with van der Waals surface area (Å²) in [6.07, 6.45) is 8.81. The number of rotatable bonds is 4. The van der Waals surface area contributed by atoms with Gasteiger partial charge in [0.2, 0.25) is 0 Å². The molecule has 4 aliphatic carbocycles. The Balaban J connectivity index is 1.09. The Bertz CT molecular complexity index is 2620. The fourth-order valence-corrected chi connectivity index (χ4v) is 9.94. The zero-order chi connectivity index (χ0) is 34.2. The van der Waals surface area contributed by atoms with Gasteiger partial charge in [-0.3, -0.25) is 0 Å². The monoisotopic (exact) mass is 663 g/mol. The van der Waals surface area contributed by atoms with Crippen LogP contribution in [0.1, 0.15) is 57.3 Å². The molecule has 1 atom stereocenters.